The highest BCUT2D eigenvalue weighted by molar-refractivity contribution is 5.95. The van der Waals surface area contributed by atoms with Crippen LogP contribution in [0.3, 0.4) is 0 Å². The van der Waals surface area contributed by atoms with Gasteiger partial charge in [-0.3, -0.25) is 9.48 Å². The Labute approximate surface area is 145 Å². The summed E-state index contributed by atoms with van der Waals surface area (Å²) in [5.41, 5.74) is 2.55. The Bertz CT molecular complexity index is 823. The van der Waals surface area contributed by atoms with Gasteiger partial charge in [-0.2, -0.15) is 5.10 Å². The fourth-order valence-electron chi connectivity index (χ4n) is 2.67. The van der Waals surface area contributed by atoms with Gasteiger partial charge in [-0.25, -0.2) is 4.79 Å². The summed E-state index contributed by atoms with van der Waals surface area (Å²) in [4.78, 5) is 23.7. The van der Waals surface area contributed by atoms with Crippen molar-refractivity contribution >= 4 is 17.6 Å². The molecule has 2 heterocycles. The van der Waals surface area contributed by atoms with E-state index in [4.69, 9.17) is 4.74 Å². The number of hydrogen-bond acceptors (Lipinski definition) is 4. The van der Waals surface area contributed by atoms with Crippen molar-refractivity contribution in [3.8, 4) is 5.75 Å². The second-order valence-corrected chi connectivity index (χ2v) is 6.88. The van der Waals surface area contributed by atoms with E-state index in [0.29, 0.717) is 12.1 Å². The van der Waals surface area contributed by atoms with Crippen molar-refractivity contribution in [3.05, 3.63) is 41.2 Å². The monoisotopic (exact) mass is 343 g/mol. The van der Waals surface area contributed by atoms with E-state index in [2.05, 4.69) is 10.4 Å². The van der Waals surface area contributed by atoms with Crippen LogP contribution in [0.4, 0.5) is 5.69 Å². The van der Waals surface area contributed by atoms with Gasteiger partial charge in [0.1, 0.15) is 5.75 Å². The van der Waals surface area contributed by atoms with Gasteiger partial charge in [0.2, 0.25) is 0 Å². The molecule has 1 aliphatic rings. The molecule has 0 bridgehead atoms. The van der Waals surface area contributed by atoms with Crippen molar-refractivity contribution in [1.82, 2.24) is 9.78 Å². The maximum Gasteiger partial charge on any atom is 0.331 e. The average Bonchev–Trinajstić information content (AvgIpc) is 3.14. The zero-order valence-electron chi connectivity index (χ0n) is 14.7. The van der Waals surface area contributed by atoms with Crippen LogP contribution in [0.5, 0.6) is 5.75 Å². The molecule has 1 aliphatic heterocycles. The van der Waals surface area contributed by atoms with Gasteiger partial charge in [0, 0.05) is 12.6 Å². The number of aryl methyl sites for hydroxylation is 2. The first kappa shape index (κ1) is 17.0. The van der Waals surface area contributed by atoms with E-state index in [9.17, 15) is 14.7 Å². The lowest BCUT2D eigenvalue weighted by atomic mass is 10.0. The number of fused-ring (bicyclic) bond motifs is 1. The molecule has 2 aromatic rings. The van der Waals surface area contributed by atoms with E-state index in [1.54, 1.807) is 0 Å². The molecule has 2 N–H and O–H groups in total. The van der Waals surface area contributed by atoms with Crippen molar-refractivity contribution in [3.63, 3.8) is 0 Å². The van der Waals surface area contributed by atoms with Crippen LogP contribution < -0.4 is 10.1 Å². The molecule has 1 amide bonds. The second-order valence-electron chi connectivity index (χ2n) is 6.88. The van der Waals surface area contributed by atoms with Gasteiger partial charge in [-0.15, -0.1) is 0 Å². The van der Waals surface area contributed by atoms with Gasteiger partial charge in [-0.05, 0) is 50.5 Å². The van der Waals surface area contributed by atoms with Crippen LogP contribution in [-0.4, -0.2) is 32.9 Å². The number of carbonyl (C=O) groups excluding carboxylic acids is 1. The predicted octanol–water partition coefficient (Wildman–Crippen LogP) is 2.26. The number of carboxylic acid groups (broad SMARTS) is 1. The summed E-state index contributed by atoms with van der Waals surface area (Å²) in [6.07, 6.45) is 2.84. The predicted molar refractivity (Wildman–Crippen MR) is 91.9 cm³/mol. The van der Waals surface area contributed by atoms with E-state index in [-0.39, 0.29) is 5.91 Å². The molecule has 0 saturated carbocycles. The number of ether oxygens (including phenoxy) is 1. The first-order valence-corrected chi connectivity index (χ1v) is 8.04. The molecule has 25 heavy (non-hydrogen) atoms. The lowest BCUT2D eigenvalue weighted by molar-refractivity contribution is -0.146. The molecule has 7 heteroatoms. The van der Waals surface area contributed by atoms with Gasteiger partial charge < -0.3 is 15.2 Å². The third-order valence-electron chi connectivity index (χ3n) is 4.59. The maximum atomic E-state index is 12.5. The van der Waals surface area contributed by atoms with E-state index in [1.807, 2.05) is 26.0 Å². The topological polar surface area (TPSA) is 93.5 Å². The highest BCUT2D eigenvalue weighted by atomic mass is 16.5. The third kappa shape index (κ3) is 3.09. The Balaban J connectivity index is 1.70. The number of aromatic nitrogens is 2. The Morgan fingerprint density at radius 3 is 2.68 bits per heavy atom. The van der Waals surface area contributed by atoms with Crippen molar-refractivity contribution in [2.75, 3.05) is 5.32 Å². The zero-order chi connectivity index (χ0) is 18.4. The normalized spacial score (nSPS) is 16.2. The molecule has 3 rings (SSSR count). The van der Waals surface area contributed by atoms with Crippen LogP contribution in [-0.2, 0) is 21.5 Å². The van der Waals surface area contributed by atoms with Crippen LogP contribution in [0.15, 0.2) is 24.5 Å². The van der Waals surface area contributed by atoms with Crippen LogP contribution in [0.2, 0.25) is 0 Å². The number of nitrogens with one attached hydrogen (secondary N) is 1. The van der Waals surface area contributed by atoms with E-state index < -0.39 is 17.6 Å². The smallest absolute Gasteiger partial charge is 0.331 e. The van der Waals surface area contributed by atoms with Gasteiger partial charge in [0.15, 0.2) is 11.6 Å². The lowest BCUT2D eigenvalue weighted by Crippen LogP contribution is -2.36. The summed E-state index contributed by atoms with van der Waals surface area (Å²) in [6.45, 7) is 7.11. The maximum absolute atomic E-state index is 12.5. The summed E-state index contributed by atoms with van der Waals surface area (Å²) in [6, 6.07) is 4.00. The molecule has 132 valence electrons. The van der Waals surface area contributed by atoms with Crippen LogP contribution in [0.1, 0.15) is 30.5 Å². The van der Waals surface area contributed by atoms with Crippen molar-refractivity contribution in [2.24, 2.45) is 0 Å². The van der Waals surface area contributed by atoms with Crippen LogP contribution >= 0.6 is 0 Å². The van der Waals surface area contributed by atoms with Gasteiger partial charge in [0.05, 0.1) is 11.9 Å². The SMILES string of the molecule is Cc1cc2c(cc1C)OC(C(=O)Nc1cnn(C(C)(C)C(=O)O)c1)C2. The largest absolute Gasteiger partial charge is 0.480 e. The lowest BCUT2D eigenvalue weighted by Gasteiger charge is -2.19. The molecular weight excluding hydrogens is 322 g/mol. The highest BCUT2D eigenvalue weighted by Crippen LogP contribution is 2.32. The number of amides is 1. The molecule has 0 saturated heterocycles. The van der Waals surface area contributed by atoms with Gasteiger partial charge in [0.25, 0.3) is 5.91 Å². The van der Waals surface area contributed by atoms with E-state index in [1.165, 1.54) is 36.5 Å². The number of rotatable bonds is 4. The fourth-order valence-corrected chi connectivity index (χ4v) is 2.67. The summed E-state index contributed by atoms with van der Waals surface area (Å²) in [5, 5.41) is 16.0. The fraction of sp³-hybridized carbons (Fsp3) is 0.389. The number of carbonyl (C=O) groups is 2. The zero-order valence-corrected chi connectivity index (χ0v) is 14.7. The Morgan fingerprint density at radius 2 is 2.00 bits per heavy atom. The number of anilines is 1. The number of benzene rings is 1. The highest BCUT2D eigenvalue weighted by Gasteiger charge is 2.32. The Kier molecular flexibility index (Phi) is 4.02. The first-order valence-electron chi connectivity index (χ1n) is 8.04. The summed E-state index contributed by atoms with van der Waals surface area (Å²) in [5.74, 6) is -0.543. The number of nitrogens with zero attached hydrogens (tertiary/aromatic N) is 2. The minimum absolute atomic E-state index is 0.279. The first-order chi connectivity index (χ1) is 11.7. The molecule has 7 nitrogen and oxygen atoms in total. The minimum atomic E-state index is -1.20. The van der Waals surface area contributed by atoms with Crippen molar-refractivity contribution < 1.29 is 19.4 Å². The Hall–Kier alpha value is -2.83. The van der Waals surface area contributed by atoms with E-state index in [0.717, 1.165) is 16.9 Å². The van der Waals surface area contributed by atoms with Crippen molar-refractivity contribution in [1.29, 1.82) is 0 Å². The van der Waals surface area contributed by atoms with Gasteiger partial charge in [-0.1, -0.05) is 6.07 Å². The molecule has 0 radical (unpaired) electrons. The number of hydrogen-bond donors (Lipinski definition) is 2. The standard InChI is InChI=1S/C18H21N3O4/c1-10-5-12-7-15(25-14(12)6-11(10)2)16(22)20-13-8-19-21(9-13)18(3,4)17(23)24/h5-6,8-9,15H,7H2,1-4H3,(H,20,22)(H,23,24). The average molecular weight is 343 g/mol. The number of carboxylic acids is 1. The summed E-state index contributed by atoms with van der Waals surface area (Å²) in [7, 11) is 0. The molecule has 0 aliphatic carbocycles. The minimum Gasteiger partial charge on any atom is -0.480 e. The summed E-state index contributed by atoms with van der Waals surface area (Å²) < 4.78 is 7.06. The quantitative estimate of drug-likeness (QED) is 0.888. The third-order valence-corrected chi connectivity index (χ3v) is 4.59. The van der Waals surface area contributed by atoms with Gasteiger partial charge >= 0.3 is 5.97 Å². The molecule has 1 atom stereocenters. The summed E-state index contributed by atoms with van der Waals surface area (Å²) >= 11 is 0. The van der Waals surface area contributed by atoms with Crippen LogP contribution in [0, 0.1) is 13.8 Å². The molecule has 1 aromatic heterocycles. The Morgan fingerprint density at radius 1 is 1.32 bits per heavy atom. The molecule has 1 aromatic carbocycles. The number of aliphatic carboxylic acids is 1. The van der Waals surface area contributed by atoms with Crippen LogP contribution in [0.25, 0.3) is 0 Å². The van der Waals surface area contributed by atoms with E-state index >= 15 is 0 Å². The molecular formula is C18H21N3O4. The molecule has 0 fully saturated rings. The second kappa shape index (κ2) is 5.91. The molecule has 0 spiro atoms. The van der Waals surface area contributed by atoms with Crippen molar-refractivity contribution in [2.45, 2.75) is 45.8 Å². The molecule has 1 unspecified atom stereocenters.